The standard InChI is InChI=1S/2C10H12O3.C7H6O3/c1-7(2)13-10(12)8-5-3-4-6-9(8)11;1-2-7-13-10(12)8-5-3-4-6-9(8)11;8-6-4-2-1-3-5(6)7(9)10/h3-7,11H,1-2H3;3-6,11H,2,7H2,1H3;1-4,8H,(H,9,10). The second kappa shape index (κ2) is 15.4. The second-order valence-corrected chi connectivity index (χ2v) is 7.45. The fraction of sp³-hybridized carbons (Fsp3) is 0.222. The van der Waals surface area contributed by atoms with Gasteiger partial charge in [-0.05, 0) is 56.7 Å². The third-order valence-electron chi connectivity index (χ3n) is 4.16. The van der Waals surface area contributed by atoms with Crippen LogP contribution in [0.4, 0.5) is 0 Å². The highest BCUT2D eigenvalue weighted by atomic mass is 16.5. The number of carboxylic acid groups (broad SMARTS) is 1. The molecular weight excluding hydrogens is 468 g/mol. The Morgan fingerprint density at radius 1 is 0.694 bits per heavy atom. The summed E-state index contributed by atoms with van der Waals surface area (Å²) in [5, 5.41) is 35.9. The molecule has 9 nitrogen and oxygen atoms in total. The van der Waals surface area contributed by atoms with E-state index in [4.69, 9.17) is 19.7 Å². The predicted octanol–water partition coefficient (Wildman–Crippen LogP) is 5.01. The monoisotopic (exact) mass is 498 g/mol. The van der Waals surface area contributed by atoms with Crippen molar-refractivity contribution in [2.24, 2.45) is 0 Å². The normalized spacial score (nSPS) is 9.67. The lowest BCUT2D eigenvalue weighted by atomic mass is 10.2. The molecular formula is C27H30O9. The zero-order valence-corrected chi connectivity index (χ0v) is 20.2. The van der Waals surface area contributed by atoms with Gasteiger partial charge in [-0.15, -0.1) is 0 Å². The summed E-state index contributed by atoms with van der Waals surface area (Å²) >= 11 is 0. The van der Waals surface area contributed by atoms with E-state index in [1.807, 2.05) is 6.92 Å². The molecule has 0 spiro atoms. The first kappa shape index (κ1) is 29.5. The molecule has 9 heteroatoms. The zero-order chi connectivity index (χ0) is 27.1. The van der Waals surface area contributed by atoms with Gasteiger partial charge in [0.25, 0.3) is 0 Å². The van der Waals surface area contributed by atoms with Crippen LogP contribution >= 0.6 is 0 Å². The zero-order valence-electron chi connectivity index (χ0n) is 20.2. The molecule has 0 aliphatic rings. The molecule has 0 unspecified atom stereocenters. The first-order valence-electron chi connectivity index (χ1n) is 11.0. The number of ether oxygens (including phenoxy) is 2. The van der Waals surface area contributed by atoms with E-state index < -0.39 is 17.9 Å². The van der Waals surface area contributed by atoms with Gasteiger partial charge in [-0.1, -0.05) is 43.3 Å². The van der Waals surface area contributed by atoms with Crippen molar-refractivity contribution in [3.05, 3.63) is 89.5 Å². The third-order valence-corrected chi connectivity index (χ3v) is 4.16. The Kier molecular flexibility index (Phi) is 12.6. The van der Waals surface area contributed by atoms with Crippen LogP contribution in [0, 0.1) is 0 Å². The first-order chi connectivity index (χ1) is 17.1. The Labute approximate surface area is 209 Å². The number of para-hydroxylation sites is 3. The number of esters is 2. The number of carbonyl (C=O) groups excluding carboxylic acids is 2. The highest BCUT2D eigenvalue weighted by molar-refractivity contribution is 5.93. The van der Waals surface area contributed by atoms with Crippen LogP contribution in [-0.2, 0) is 9.47 Å². The van der Waals surface area contributed by atoms with Gasteiger partial charge in [-0.2, -0.15) is 0 Å². The molecule has 0 aliphatic heterocycles. The van der Waals surface area contributed by atoms with Gasteiger partial charge < -0.3 is 29.9 Å². The van der Waals surface area contributed by atoms with Crippen LogP contribution in [0.1, 0.15) is 58.3 Å². The summed E-state index contributed by atoms with van der Waals surface area (Å²) < 4.78 is 9.78. The second-order valence-electron chi connectivity index (χ2n) is 7.45. The summed E-state index contributed by atoms with van der Waals surface area (Å²) in [6.07, 6.45) is 0.603. The van der Waals surface area contributed by atoms with Crippen molar-refractivity contribution in [2.45, 2.75) is 33.3 Å². The Bertz CT molecular complexity index is 1140. The molecule has 0 radical (unpaired) electrons. The molecule has 192 valence electrons. The van der Waals surface area contributed by atoms with Gasteiger partial charge in [0.05, 0.1) is 12.7 Å². The topological polar surface area (TPSA) is 151 Å². The molecule has 0 aliphatic carbocycles. The number of aromatic carboxylic acids is 1. The number of rotatable bonds is 6. The van der Waals surface area contributed by atoms with Gasteiger partial charge in [-0.3, -0.25) is 0 Å². The Morgan fingerprint density at radius 2 is 1.08 bits per heavy atom. The molecule has 0 saturated carbocycles. The lowest BCUT2D eigenvalue weighted by Crippen LogP contribution is -2.11. The van der Waals surface area contributed by atoms with Crippen molar-refractivity contribution < 1.29 is 44.3 Å². The minimum absolute atomic E-state index is 0.0383. The van der Waals surface area contributed by atoms with Crippen LogP contribution < -0.4 is 0 Å². The molecule has 0 fully saturated rings. The fourth-order valence-electron chi connectivity index (χ4n) is 2.50. The van der Waals surface area contributed by atoms with E-state index in [-0.39, 0.29) is 40.0 Å². The Hall–Kier alpha value is -4.53. The van der Waals surface area contributed by atoms with Crippen LogP contribution in [0.3, 0.4) is 0 Å². The summed E-state index contributed by atoms with van der Waals surface area (Å²) in [7, 11) is 0. The average molecular weight is 499 g/mol. The molecule has 36 heavy (non-hydrogen) atoms. The van der Waals surface area contributed by atoms with Crippen molar-refractivity contribution >= 4 is 17.9 Å². The van der Waals surface area contributed by atoms with Crippen molar-refractivity contribution in [1.82, 2.24) is 0 Å². The molecule has 0 aromatic heterocycles. The van der Waals surface area contributed by atoms with Crippen molar-refractivity contribution in [1.29, 1.82) is 0 Å². The van der Waals surface area contributed by atoms with E-state index in [0.29, 0.717) is 6.61 Å². The summed E-state index contributed by atoms with van der Waals surface area (Å²) in [6, 6.07) is 18.5. The highest BCUT2D eigenvalue weighted by Gasteiger charge is 2.12. The summed E-state index contributed by atoms with van der Waals surface area (Å²) in [6.45, 7) is 5.82. The highest BCUT2D eigenvalue weighted by Crippen LogP contribution is 2.18. The Balaban J connectivity index is 0.000000273. The largest absolute Gasteiger partial charge is 0.507 e. The minimum atomic E-state index is -1.11. The van der Waals surface area contributed by atoms with Gasteiger partial charge in [0, 0.05) is 0 Å². The molecule has 3 rings (SSSR count). The Morgan fingerprint density at radius 3 is 1.42 bits per heavy atom. The molecule has 0 amide bonds. The van der Waals surface area contributed by atoms with E-state index in [1.165, 1.54) is 36.4 Å². The third kappa shape index (κ3) is 10.2. The number of aromatic hydroxyl groups is 3. The molecule has 4 N–H and O–H groups in total. The number of phenols is 3. The van der Waals surface area contributed by atoms with Gasteiger partial charge in [0.15, 0.2) is 0 Å². The van der Waals surface area contributed by atoms with Crippen molar-refractivity contribution in [3.8, 4) is 17.2 Å². The summed E-state index contributed by atoms with van der Waals surface area (Å²) in [5.74, 6) is -2.36. The lowest BCUT2D eigenvalue weighted by molar-refractivity contribution is 0.0373. The van der Waals surface area contributed by atoms with E-state index >= 15 is 0 Å². The molecule has 0 heterocycles. The molecule has 0 atom stereocenters. The van der Waals surface area contributed by atoms with Gasteiger partial charge in [-0.25, -0.2) is 14.4 Å². The predicted molar refractivity (Wildman–Crippen MR) is 132 cm³/mol. The maximum Gasteiger partial charge on any atom is 0.342 e. The van der Waals surface area contributed by atoms with Gasteiger partial charge in [0.2, 0.25) is 0 Å². The number of hydrogen-bond acceptors (Lipinski definition) is 8. The quantitative estimate of drug-likeness (QED) is 0.344. The number of benzene rings is 3. The number of hydrogen-bond donors (Lipinski definition) is 4. The van der Waals surface area contributed by atoms with E-state index in [1.54, 1.807) is 50.2 Å². The van der Waals surface area contributed by atoms with Gasteiger partial charge >= 0.3 is 17.9 Å². The smallest absolute Gasteiger partial charge is 0.342 e. The van der Waals surface area contributed by atoms with E-state index in [9.17, 15) is 24.6 Å². The molecule has 0 bridgehead atoms. The average Bonchev–Trinajstić information content (AvgIpc) is 2.83. The lowest BCUT2D eigenvalue weighted by Gasteiger charge is -2.08. The van der Waals surface area contributed by atoms with E-state index in [0.717, 1.165) is 6.42 Å². The molecule has 3 aromatic rings. The van der Waals surface area contributed by atoms with Crippen LogP contribution in [-0.4, -0.2) is 51.0 Å². The summed E-state index contributed by atoms with van der Waals surface area (Å²) in [5.41, 5.74) is 0.356. The van der Waals surface area contributed by atoms with Crippen LogP contribution in [0.2, 0.25) is 0 Å². The van der Waals surface area contributed by atoms with Crippen LogP contribution in [0.25, 0.3) is 0 Å². The van der Waals surface area contributed by atoms with Gasteiger partial charge in [0.1, 0.15) is 33.9 Å². The SMILES string of the molecule is CC(C)OC(=O)c1ccccc1O.CCCOC(=O)c1ccccc1O.O=C(O)c1ccccc1O. The maximum absolute atomic E-state index is 11.3. The van der Waals surface area contributed by atoms with Crippen LogP contribution in [0.5, 0.6) is 17.2 Å². The summed E-state index contributed by atoms with van der Waals surface area (Å²) in [4.78, 5) is 32.8. The number of carbonyl (C=O) groups is 3. The number of carboxylic acids is 1. The molecule has 0 saturated heterocycles. The van der Waals surface area contributed by atoms with Crippen molar-refractivity contribution in [2.75, 3.05) is 6.61 Å². The van der Waals surface area contributed by atoms with Crippen molar-refractivity contribution in [3.63, 3.8) is 0 Å². The fourth-order valence-corrected chi connectivity index (χ4v) is 2.50. The maximum atomic E-state index is 11.3. The van der Waals surface area contributed by atoms with Crippen LogP contribution in [0.15, 0.2) is 72.8 Å². The number of phenolic OH excluding ortho intramolecular Hbond substituents is 2. The minimum Gasteiger partial charge on any atom is -0.507 e. The first-order valence-corrected chi connectivity index (χ1v) is 11.0. The molecule has 3 aromatic carbocycles. The van der Waals surface area contributed by atoms with E-state index in [2.05, 4.69) is 0 Å².